The molecule has 0 atom stereocenters. The van der Waals surface area contributed by atoms with Crippen molar-refractivity contribution in [3.05, 3.63) is 24.5 Å². The van der Waals surface area contributed by atoms with Gasteiger partial charge in [-0.15, -0.1) is 0 Å². The summed E-state index contributed by atoms with van der Waals surface area (Å²) in [5, 5.41) is 1.03. The maximum Gasteiger partial charge on any atom is 0.215 e. The third kappa shape index (κ3) is 3.93. The second-order valence-electron chi connectivity index (χ2n) is 5.96. The van der Waals surface area contributed by atoms with Crippen LogP contribution in [0, 0.1) is 5.92 Å². The van der Waals surface area contributed by atoms with Crippen LogP contribution in [0.5, 0.6) is 5.88 Å². The van der Waals surface area contributed by atoms with Crippen molar-refractivity contribution >= 4 is 27.5 Å². The predicted octanol–water partition coefficient (Wildman–Crippen LogP) is 1.36. The molecule has 7 nitrogen and oxygen atoms in total. The molecule has 1 fully saturated rings. The summed E-state index contributed by atoms with van der Waals surface area (Å²) in [6.07, 6.45) is 6.65. The van der Waals surface area contributed by atoms with Crippen molar-refractivity contribution in [2.75, 3.05) is 31.6 Å². The van der Waals surface area contributed by atoms with Crippen molar-refractivity contribution in [3.8, 4) is 5.88 Å². The Labute approximate surface area is 143 Å². The summed E-state index contributed by atoms with van der Waals surface area (Å²) in [5.74, 6) is 1.13. The first-order chi connectivity index (χ1) is 11.7. The Balaban J connectivity index is 1.67. The first-order valence-corrected chi connectivity index (χ1v) is 9.26. The van der Waals surface area contributed by atoms with E-state index in [0.29, 0.717) is 18.3 Å². The Bertz CT molecular complexity index is 765. The smallest absolute Gasteiger partial charge is 0.215 e. The summed E-state index contributed by atoms with van der Waals surface area (Å²) >= 11 is 0. The van der Waals surface area contributed by atoms with Crippen LogP contribution in [0.3, 0.4) is 0 Å². The summed E-state index contributed by atoms with van der Waals surface area (Å²) in [6.45, 7) is 2.45. The van der Waals surface area contributed by atoms with E-state index < -0.39 is 10.9 Å². The van der Waals surface area contributed by atoms with Crippen molar-refractivity contribution in [1.82, 2.24) is 14.7 Å². The van der Waals surface area contributed by atoms with Crippen molar-refractivity contribution < 1.29 is 13.2 Å². The van der Waals surface area contributed by atoms with Gasteiger partial charge >= 0.3 is 0 Å². The van der Waals surface area contributed by atoms with Crippen molar-refractivity contribution in [1.29, 1.82) is 0 Å². The quantitative estimate of drug-likeness (QED) is 0.766. The van der Waals surface area contributed by atoms with Crippen LogP contribution >= 0.6 is 0 Å². The molecule has 0 spiro atoms. The van der Waals surface area contributed by atoms with Crippen LogP contribution in [-0.2, 0) is 10.9 Å². The van der Waals surface area contributed by atoms with Crippen LogP contribution in [0.2, 0.25) is 0 Å². The number of nitrogens with zero attached hydrogens (tertiary/aromatic N) is 3. The molecular formula is C16H22N4O3S. The topological polar surface area (TPSA) is 84.4 Å². The highest BCUT2D eigenvalue weighted by atomic mass is 32.2. The molecular weight excluding hydrogens is 328 g/mol. The van der Waals surface area contributed by atoms with E-state index in [1.807, 2.05) is 24.5 Å². The second kappa shape index (κ2) is 7.76. The van der Waals surface area contributed by atoms with E-state index in [1.165, 1.54) is 0 Å². The molecule has 0 radical (unpaired) electrons. The number of piperidine rings is 1. The summed E-state index contributed by atoms with van der Waals surface area (Å²) in [7, 11) is -0.883. The van der Waals surface area contributed by atoms with E-state index in [4.69, 9.17) is 4.74 Å². The standard InChI is InChI=1S/C16H22N4O3S/c1-23-16-10-14-13(11-18-16)15(3-6-17-14)20-8-4-12(5-9-20)2-7-19-24(21)22/h3,6,10-12,24H,2,4-5,7-9H2,1H3,(H,19,21,22). The minimum Gasteiger partial charge on any atom is -0.481 e. The number of nitrogens with one attached hydrogen (secondary N) is 1. The number of hydrogen-bond donors (Lipinski definition) is 2. The Morgan fingerprint density at radius 2 is 2.12 bits per heavy atom. The zero-order valence-electron chi connectivity index (χ0n) is 13.6. The molecule has 8 heteroatoms. The van der Waals surface area contributed by atoms with Crippen molar-refractivity contribution in [2.24, 2.45) is 5.92 Å². The molecule has 1 saturated heterocycles. The van der Waals surface area contributed by atoms with Gasteiger partial charge in [0, 0.05) is 49.2 Å². The van der Waals surface area contributed by atoms with Gasteiger partial charge in [0.15, 0.2) is 0 Å². The molecule has 0 unspecified atom stereocenters. The highest BCUT2D eigenvalue weighted by Crippen LogP contribution is 2.30. The molecule has 0 saturated carbocycles. The molecule has 130 valence electrons. The van der Waals surface area contributed by atoms with Crippen LogP contribution in [0.4, 0.5) is 5.69 Å². The van der Waals surface area contributed by atoms with E-state index >= 15 is 0 Å². The molecule has 2 aromatic heterocycles. The molecule has 0 bridgehead atoms. The maximum absolute atomic E-state index is 10.5. The largest absolute Gasteiger partial charge is 0.481 e. The third-order valence-corrected chi connectivity index (χ3v) is 5.02. The van der Waals surface area contributed by atoms with E-state index in [9.17, 15) is 8.42 Å². The van der Waals surface area contributed by atoms with Gasteiger partial charge in [0.25, 0.3) is 0 Å². The summed E-state index contributed by atoms with van der Waals surface area (Å²) in [6, 6.07) is 3.88. The number of ether oxygens (including phenoxy) is 1. The summed E-state index contributed by atoms with van der Waals surface area (Å²) in [4.78, 5) is 11.1. The lowest BCUT2D eigenvalue weighted by atomic mass is 9.93. The van der Waals surface area contributed by atoms with Crippen LogP contribution in [0.15, 0.2) is 24.5 Å². The minimum absolute atomic E-state index is 0.533. The Morgan fingerprint density at radius 3 is 2.83 bits per heavy atom. The van der Waals surface area contributed by atoms with Crippen LogP contribution in [-0.4, -0.2) is 45.1 Å². The van der Waals surface area contributed by atoms with E-state index in [0.717, 1.165) is 48.9 Å². The summed E-state index contributed by atoms with van der Waals surface area (Å²) in [5.41, 5.74) is 2.03. The second-order valence-corrected chi connectivity index (χ2v) is 6.79. The number of aromatic nitrogens is 2. The first kappa shape index (κ1) is 16.9. The number of fused-ring (bicyclic) bond motifs is 1. The molecule has 1 aliphatic heterocycles. The lowest BCUT2D eigenvalue weighted by molar-refractivity contribution is 0.382. The number of rotatable bonds is 6. The van der Waals surface area contributed by atoms with Gasteiger partial charge in [-0.05, 0) is 31.2 Å². The molecule has 3 heterocycles. The average Bonchev–Trinajstić information content (AvgIpc) is 2.61. The molecule has 3 rings (SSSR count). The molecule has 2 aromatic rings. The van der Waals surface area contributed by atoms with Gasteiger partial charge in [0.05, 0.1) is 12.6 Å². The van der Waals surface area contributed by atoms with Gasteiger partial charge in [-0.3, -0.25) is 4.98 Å². The number of hydrogen-bond acceptors (Lipinski definition) is 6. The van der Waals surface area contributed by atoms with Crippen LogP contribution < -0.4 is 14.4 Å². The Morgan fingerprint density at radius 1 is 1.33 bits per heavy atom. The highest BCUT2D eigenvalue weighted by molar-refractivity contribution is 7.70. The fraction of sp³-hybridized carbons (Fsp3) is 0.500. The van der Waals surface area contributed by atoms with Gasteiger partial charge in [0.1, 0.15) is 0 Å². The van der Waals surface area contributed by atoms with E-state index in [1.54, 1.807) is 7.11 Å². The van der Waals surface area contributed by atoms with Crippen LogP contribution in [0.25, 0.3) is 10.9 Å². The molecule has 1 aliphatic rings. The zero-order valence-corrected chi connectivity index (χ0v) is 14.5. The van der Waals surface area contributed by atoms with Crippen molar-refractivity contribution in [2.45, 2.75) is 19.3 Å². The van der Waals surface area contributed by atoms with Gasteiger partial charge in [-0.25, -0.2) is 18.1 Å². The Hall–Kier alpha value is -1.93. The zero-order chi connectivity index (χ0) is 16.9. The SMILES string of the molecule is COc1cc2nccc(N3CCC(CCN[SH](=O)=O)CC3)c2cn1. The normalized spacial score (nSPS) is 16.0. The van der Waals surface area contributed by atoms with Gasteiger partial charge in [-0.2, -0.15) is 0 Å². The number of thiol groups is 1. The first-order valence-electron chi connectivity index (χ1n) is 8.09. The third-order valence-electron chi connectivity index (χ3n) is 4.54. The van der Waals surface area contributed by atoms with Gasteiger partial charge in [-0.1, -0.05) is 0 Å². The number of anilines is 1. The average molecular weight is 350 g/mol. The van der Waals surface area contributed by atoms with Crippen LogP contribution in [0.1, 0.15) is 19.3 Å². The number of pyridine rings is 2. The highest BCUT2D eigenvalue weighted by Gasteiger charge is 2.20. The lowest BCUT2D eigenvalue weighted by Crippen LogP contribution is -2.34. The fourth-order valence-corrected chi connectivity index (χ4v) is 3.53. The monoisotopic (exact) mass is 350 g/mol. The van der Waals surface area contributed by atoms with Gasteiger partial charge in [0.2, 0.25) is 16.8 Å². The Kier molecular flexibility index (Phi) is 5.47. The molecule has 1 N–H and O–H groups in total. The molecule has 24 heavy (non-hydrogen) atoms. The molecule has 0 amide bonds. The minimum atomic E-state index is -2.48. The lowest BCUT2D eigenvalue weighted by Gasteiger charge is -2.34. The fourth-order valence-electron chi connectivity index (χ4n) is 3.22. The molecule has 0 aromatic carbocycles. The number of methoxy groups -OCH3 is 1. The predicted molar refractivity (Wildman–Crippen MR) is 94.0 cm³/mol. The van der Waals surface area contributed by atoms with Crippen molar-refractivity contribution in [3.63, 3.8) is 0 Å². The van der Waals surface area contributed by atoms with Gasteiger partial charge < -0.3 is 9.64 Å². The molecule has 0 aliphatic carbocycles. The maximum atomic E-state index is 10.5. The van der Waals surface area contributed by atoms with E-state index in [2.05, 4.69) is 19.6 Å². The summed E-state index contributed by atoms with van der Waals surface area (Å²) < 4.78 is 28.7. The van der Waals surface area contributed by atoms with E-state index in [-0.39, 0.29) is 0 Å².